The summed E-state index contributed by atoms with van der Waals surface area (Å²) in [5.41, 5.74) is -3.58. The van der Waals surface area contributed by atoms with Crippen LogP contribution in [-0.2, 0) is 30.9 Å². The molecule has 2 heterocycles. The van der Waals surface area contributed by atoms with Crippen molar-refractivity contribution in [2.75, 3.05) is 11.9 Å². The summed E-state index contributed by atoms with van der Waals surface area (Å²) in [5, 5.41) is 4.24. The predicted molar refractivity (Wildman–Crippen MR) is 156 cm³/mol. The van der Waals surface area contributed by atoms with Crippen molar-refractivity contribution in [3.8, 4) is 16.9 Å². The molecule has 2 atom stereocenters. The number of rotatable bonds is 9. The van der Waals surface area contributed by atoms with Crippen LogP contribution in [0.15, 0.2) is 35.1 Å². The number of hydrogen-bond donors (Lipinski definition) is 2. The Hall–Kier alpha value is -4.43. The number of nitrogens with zero attached hydrogens (tertiary/aromatic N) is 1. The Bertz CT molecular complexity index is 1740. The minimum Gasteiger partial charge on any atom is -0.493 e. The van der Waals surface area contributed by atoms with E-state index in [1.54, 1.807) is 0 Å². The van der Waals surface area contributed by atoms with Gasteiger partial charge in [0.05, 0.1) is 23.8 Å². The summed E-state index contributed by atoms with van der Waals surface area (Å²) in [5.74, 6) is -4.92. The summed E-state index contributed by atoms with van der Waals surface area (Å²) in [6.07, 6.45) is -9.52. The van der Waals surface area contributed by atoms with Crippen LogP contribution in [0.2, 0.25) is 0 Å². The number of fused-ring (bicyclic) bond motifs is 1. The Kier molecular flexibility index (Phi) is 10.1. The normalized spacial score (nSPS) is 14.6. The predicted octanol–water partition coefficient (Wildman–Crippen LogP) is 6.67. The lowest BCUT2D eigenvalue weighted by atomic mass is 9.88. The highest BCUT2D eigenvalue weighted by atomic mass is 19.4. The highest BCUT2D eigenvalue weighted by Gasteiger charge is 2.39. The first kappa shape index (κ1) is 35.4. The van der Waals surface area contributed by atoms with Crippen molar-refractivity contribution in [2.45, 2.75) is 70.9 Å². The van der Waals surface area contributed by atoms with Gasteiger partial charge in [-0.1, -0.05) is 19.1 Å². The Balaban J connectivity index is 1.68. The van der Waals surface area contributed by atoms with E-state index in [2.05, 4.69) is 5.32 Å². The van der Waals surface area contributed by atoms with Gasteiger partial charge in [0.15, 0.2) is 5.78 Å². The zero-order valence-electron chi connectivity index (χ0n) is 25.7. The van der Waals surface area contributed by atoms with Crippen LogP contribution < -0.4 is 20.9 Å². The van der Waals surface area contributed by atoms with Crippen molar-refractivity contribution >= 4 is 17.4 Å². The van der Waals surface area contributed by atoms with Gasteiger partial charge >= 0.3 is 12.4 Å². The Morgan fingerprint density at radius 2 is 1.68 bits per heavy atom. The second kappa shape index (κ2) is 13.4. The molecule has 2 aromatic carbocycles. The number of carbonyl (C=O) groups is 2. The van der Waals surface area contributed by atoms with E-state index < -0.39 is 82.1 Å². The molecular formula is C32H31F8N3O4. The van der Waals surface area contributed by atoms with E-state index in [0.29, 0.717) is 36.1 Å². The summed E-state index contributed by atoms with van der Waals surface area (Å²) < 4.78 is 118. The fourth-order valence-corrected chi connectivity index (χ4v) is 5.46. The monoisotopic (exact) mass is 673 g/mol. The van der Waals surface area contributed by atoms with Gasteiger partial charge in [0.1, 0.15) is 29.0 Å². The van der Waals surface area contributed by atoms with Gasteiger partial charge in [-0.2, -0.15) is 26.3 Å². The molecule has 15 heteroatoms. The van der Waals surface area contributed by atoms with Gasteiger partial charge in [-0.15, -0.1) is 0 Å². The number of aromatic nitrogens is 1. The number of halogens is 8. The number of ether oxygens (including phenoxy) is 1. The molecule has 0 bridgehead atoms. The average molecular weight is 674 g/mol. The third kappa shape index (κ3) is 7.43. The highest BCUT2D eigenvalue weighted by Crippen LogP contribution is 2.43. The minimum absolute atomic E-state index is 0.0123. The fourth-order valence-electron chi connectivity index (χ4n) is 5.46. The van der Waals surface area contributed by atoms with Gasteiger partial charge in [0.2, 0.25) is 0 Å². The van der Waals surface area contributed by atoms with Crippen LogP contribution in [0.5, 0.6) is 5.75 Å². The molecule has 0 radical (unpaired) electrons. The van der Waals surface area contributed by atoms with Gasteiger partial charge in [-0.3, -0.25) is 14.4 Å². The number of amides is 1. The first-order valence-corrected chi connectivity index (χ1v) is 14.5. The van der Waals surface area contributed by atoms with Gasteiger partial charge < -0.3 is 19.9 Å². The lowest BCUT2D eigenvalue weighted by Gasteiger charge is -2.26. The number of nitrogens with one attached hydrogen (secondary N) is 2. The van der Waals surface area contributed by atoms with Crippen LogP contribution >= 0.6 is 0 Å². The van der Waals surface area contributed by atoms with Crippen LogP contribution in [0.1, 0.15) is 59.4 Å². The van der Waals surface area contributed by atoms with Crippen molar-refractivity contribution < 1.29 is 49.4 Å². The van der Waals surface area contributed by atoms with Gasteiger partial charge in [0, 0.05) is 30.4 Å². The second-order valence-electron chi connectivity index (χ2n) is 11.3. The number of anilines is 1. The molecule has 1 amide bonds. The first-order chi connectivity index (χ1) is 21.8. The number of Topliss-reactive ketones (excluding diaryl/α,β-unsaturated/α-hetero) is 1. The number of ketones is 1. The molecule has 0 saturated carbocycles. The number of carbonyl (C=O) groups excluding carboxylic acids is 2. The number of alkyl halides is 6. The van der Waals surface area contributed by atoms with Gasteiger partial charge in [-0.25, -0.2) is 8.78 Å². The quantitative estimate of drug-likeness (QED) is 0.248. The Labute approximate surface area is 263 Å². The smallest absolute Gasteiger partial charge is 0.417 e. The Morgan fingerprint density at radius 3 is 2.23 bits per heavy atom. The summed E-state index contributed by atoms with van der Waals surface area (Å²) in [4.78, 5) is 38.7. The van der Waals surface area contributed by atoms with Crippen molar-refractivity contribution in [3.63, 3.8) is 0 Å². The number of hydrogen-bond acceptors (Lipinski definition) is 5. The molecule has 1 aliphatic heterocycles. The molecule has 0 spiro atoms. The molecular weight excluding hydrogens is 642 g/mol. The van der Waals surface area contributed by atoms with E-state index in [9.17, 15) is 49.5 Å². The van der Waals surface area contributed by atoms with E-state index in [1.165, 1.54) is 33.0 Å². The lowest BCUT2D eigenvalue weighted by Crippen LogP contribution is -2.42. The van der Waals surface area contributed by atoms with Gasteiger partial charge in [0.25, 0.3) is 11.5 Å². The van der Waals surface area contributed by atoms with Crippen molar-refractivity contribution in [1.82, 2.24) is 9.88 Å². The molecule has 4 rings (SSSR count). The average Bonchev–Trinajstić information content (AvgIpc) is 2.97. The summed E-state index contributed by atoms with van der Waals surface area (Å²) in [7, 11) is 1.34. The first-order valence-electron chi connectivity index (χ1n) is 14.5. The van der Waals surface area contributed by atoms with Crippen LogP contribution in [-0.4, -0.2) is 41.1 Å². The lowest BCUT2D eigenvalue weighted by molar-refractivity contribution is -0.143. The Morgan fingerprint density at radius 1 is 1.04 bits per heavy atom. The summed E-state index contributed by atoms with van der Waals surface area (Å²) in [6, 6.07) is 1.12. The number of benzene rings is 2. The second-order valence-corrected chi connectivity index (χ2v) is 11.3. The van der Waals surface area contributed by atoms with Crippen LogP contribution in [0, 0.1) is 18.6 Å². The van der Waals surface area contributed by atoms with E-state index >= 15 is 0 Å². The van der Waals surface area contributed by atoms with Crippen molar-refractivity contribution in [2.24, 2.45) is 7.05 Å². The number of pyridine rings is 1. The number of aryl methyl sites for hydroxylation is 1. The molecule has 0 unspecified atom stereocenters. The maximum atomic E-state index is 14.9. The van der Waals surface area contributed by atoms with Gasteiger partial charge in [-0.05, 0) is 62.4 Å². The molecule has 0 aliphatic carbocycles. The molecule has 0 saturated heterocycles. The van der Waals surface area contributed by atoms with E-state index in [1.807, 2.05) is 5.32 Å². The summed E-state index contributed by atoms with van der Waals surface area (Å²) >= 11 is 0. The maximum Gasteiger partial charge on any atom is 0.417 e. The minimum atomic E-state index is -4.87. The molecule has 1 aromatic heterocycles. The molecule has 0 fully saturated rings. The molecule has 7 nitrogen and oxygen atoms in total. The van der Waals surface area contributed by atoms with Crippen LogP contribution in [0.4, 0.5) is 40.8 Å². The zero-order valence-corrected chi connectivity index (χ0v) is 25.7. The highest BCUT2D eigenvalue weighted by molar-refractivity contribution is 5.98. The third-order valence-electron chi connectivity index (χ3n) is 8.05. The van der Waals surface area contributed by atoms with E-state index in [4.69, 9.17) is 4.74 Å². The molecule has 2 N–H and O–H groups in total. The van der Waals surface area contributed by atoms with E-state index in [0.717, 1.165) is 17.6 Å². The van der Waals surface area contributed by atoms with Crippen LogP contribution in [0.3, 0.4) is 0 Å². The van der Waals surface area contributed by atoms with Crippen molar-refractivity contribution in [3.05, 3.63) is 80.3 Å². The third-order valence-corrected chi connectivity index (χ3v) is 8.05. The van der Waals surface area contributed by atoms with Crippen LogP contribution in [0.25, 0.3) is 11.1 Å². The van der Waals surface area contributed by atoms with E-state index in [-0.39, 0.29) is 30.0 Å². The summed E-state index contributed by atoms with van der Waals surface area (Å²) in [6.45, 7) is 3.83. The maximum absolute atomic E-state index is 14.9. The fraction of sp³-hybridized carbons (Fsp3) is 0.406. The molecule has 3 aromatic rings. The topological polar surface area (TPSA) is 89.4 Å². The van der Waals surface area contributed by atoms with Crippen molar-refractivity contribution in [1.29, 1.82) is 0 Å². The standard InChI is InChI=1S/C32H31F8N3O4/c1-5-25(32(38,39)40)41-18-13-22(33)27(23(34)14-18)29(45)42-24(16(3)44)12-17-8-9-20(28-19(17)7-6-10-47-28)26-21(31(35,36)37)11-15(2)43(4)30(26)46/h8-9,11,13-14,24-25,41H,5-7,10,12H2,1-4H3,(H,42,45)/t24-,25+/m0/s1. The zero-order chi connectivity index (χ0) is 35.0. The SMILES string of the molecule is CC[C@@H](Nc1cc(F)c(C(=O)N[C@@H](Cc2ccc(-c3c(C(F)(F)F)cc(C)n(C)c3=O)c3c2CCCO3)C(C)=O)c(F)c1)C(F)(F)F. The largest absolute Gasteiger partial charge is 0.493 e. The molecule has 1 aliphatic rings. The molecule has 254 valence electrons. The molecule has 47 heavy (non-hydrogen) atoms.